The van der Waals surface area contributed by atoms with E-state index in [2.05, 4.69) is 18.0 Å². The maximum atomic E-state index is 4.70. The van der Waals surface area contributed by atoms with Crippen LogP contribution in [-0.4, -0.2) is 9.97 Å². The fourth-order valence-corrected chi connectivity index (χ4v) is 3.33. The molecule has 82 valence electrons. The topological polar surface area (TPSA) is 25.8 Å². The van der Waals surface area contributed by atoms with Gasteiger partial charge in [0.2, 0.25) is 0 Å². The molecule has 0 saturated heterocycles. The van der Waals surface area contributed by atoms with Crippen molar-refractivity contribution in [3.05, 3.63) is 29.5 Å². The van der Waals surface area contributed by atoms with Gasteiger partial charge in [0.25, 0.3) is 0 Å². The lowest BCUT2D eigenvalue weighted by Gasteiger charge is -2.18. The molecule has 1 aliphatic carbocycles. The van der Waals surface area contributed by atoms with Gasteiger partial charge in [-0.25, -0.2) is 4.98 Å². The molecule has 0 radical (unpaired) electrons. The summed E-state index contributed by atoms with van der Waals surface area (Å²) >= 11 is 1.77. The van der Waals surface area contributed by atoms with Gasteiger partial charge in [0.05, 0.1) is 10.2 Å². The Balaban J connectivity index is 2.08. The summed E-state index contributed by atoms with van der Waals surface area (Å²) < 4.78 is 1.19. The Morgan fingerprint density at radius 1 is 1.44 bits per heavy atom. The molecule has 2 heterocycles. The molecule has 3 heteroatoms. The molecule has 2 nitrogen and oxygen atoms in total. The fraction of sp³-hybridized carbons (Fsp3) is 0.385. The highest BCUT2D eigenvalue weighted by Crippen LogP contribution is 2.35. The van der Waals surface area contributed by atoms with Crippen molar-refractivity contribution in [1.82, 2.24) is 9.97 Å². The van der Waals surface area contributed by atoms with Crippen molar-refractivity contribution in [2.45, 2.75) is 26.2 Å². The van der Waals surface area contributed by atoms with Gasteiger partial charge in [0, 0.05) is 12.4 Å². The molecular weight excluding hydrogens is 216 g/mol. The van der Waals surface area contributed by atoms with E-state index in [1.54, 1.807) is 11.3 Å². The minimum absolute atomic E-state index is 0.655. The fourth-order valence-electron chi connectivity index (χ4n) is 2.24. The zero-order valence-electron chi connectivity index (χ0n) is 9.31. The van der Waals surface area contributed by atoms with Gasteiger partial charge in [-0.3, -0.25) is 4.98 Å². The van der Waals surface area contributed by atoms with Crippen molar-refractivity contribution >= 4 is 27.1 Å². The highest BCUT2D eigenvalue weighted by atomic mass is 32.1. The van der Waals surface area contributed by atoms with E-state index in [0.29, 0.717) is 5.92 Å². The first-order valence-electron chi connectivity index (χ1n) is 5.75. The largest absolute Gasteiger partial charge is 0.263 e. The predicted octanol–water partition coefficient (Wildman–Crippen LogP) is 3.89. The minimum Gasteiger partial charge on any atom is -0.263 e. The first-order chi connectivity index (χ1) is 7.84. The molecule has 0 N–H and O–H groups in total. The van der Waals surface area contributed by atoms with Gasteiger partial charge in [-0.1, -0.05) is 13.0 Å². The van der Waals surface area contributed by atoms with Gasteiger partial charge in [0.15, 0.2) is 0 Å². The highest BCUT2D eigenvalue weighted by Gasteiger charge is 2.17. The Labute approximate surface area is 99.1 Å². The average molecular weight is 230 g/mol. The molecule has 3 rings (SSSR count). The number of thiazole rings is 1. The van der Waals surface area contributed by atoms with Crippen LogP contribution in [-0.2, 0) is 0 Å². The lowest BCUT2D eigenvalue weighted by atomic mass is 9.90. The number of hydrogen-bond donors (Lipinski definition) is 0. The number of fused-ring (bicyclic) bond motifs is 1. The molecule has 16 heavy (non-hydrogen) atoms. The van der Waals surface area contributed by atoms with Gasteiger partial charge < -0.3 is 0 Å². The van der Waals surface area contributed by atoms with Gasteiger partial charge >= 0.3 is 0 Å². The third kappa shape index (κ3) is 1.65. The summed E-state index contributed by atoms with van der Waals surface area (Å²) in [5.41, 5.74) is 2.51. The number of hydrogen-bond acceptors (Lipinski definition) is 3. The molecule has 0 fully saturated rings. The van der Waals surface area contributed by atoms with Crippen LogP contribution in [0, 0.1) is 5.92 Å². The highest BCUT2D eigenvalue weighted by molar-refractivity contribution is 7.19. The molecule has 1 aliphatic rings. The Kier molecular flexibility index (Phi) is 2.48. The number of rotatable bonds is 1. The van der Waals surface area contributed by atoms with Crippen molar-refractivity contribution in [3.8, 4) is 0 Å². The number of aromatic nitrogens is 2. The summed E-state index contributed by atoms with van der Waals surface area (Å²) in [5, 5.41) is 1.19. The van der Waals surface area contributed by atoms with Gasteiger partial charge in [-0.15, -0.1) is 11.3 Å². The van der Waals surface area contributed by atoms with Crippen LogP contribution < -0.4 is 0 Å². The van der Waals surface area contributed by atoms with E-state index in [-0.39, 0.29) is 0 Å². The maximum Gasteiger partial charge on any atom is 0.120 e. The van der Waals surface area contributed by atoms with Crippen molar-refractivity contribution < 1.29 is 0 Å². The number of allylic oxidation sites excluding steroid dienone is 2. The van der Waals surface area contributed by atoms with Crippen molar-refractivity contribution in [2.24, 2.45) is 5.92 Å². The zero-order valence-corrected chi connectivity index (χ0v) is 10.1. The van der Waals surface area contributed by atoms with E-state index in [4.69, 9.17) is 4.98 Å². The average Bonchev–Trinajstić information content (AvgIpc) is 2.73. The smallest absolute Gasteiger partial charge is 0.120 e. The SMILES string of the molecule is C[C@H]1CCCC=C1c1nc2ccncc2s1. The van der Waals surface area contributed by atoms with Crippen LogP contribution in [0.2, 0.25) is 0 Å². The minimum atomic E-state index is 0.655. The van der Waals surface area contributed by atoms with E-state index in [0.717, 1.165) is 5.52 Å². The molecule has 0 aliphatic heterocycles. The molecule has 2 aromatic rings. The van der Waals surface area contributed by atoms with Crippen LogP contribution in [0.15, 0.2) is 24.5 Å². The third-order valence-electron chi connectivity index (χ3n) is 3.17. The Morgan fingerprint density at radius 2 is 2.38 bits per heavy atom. The van der Waals surface area contributed by atoms with Crippen LogP contribution >= 0.6 is 11.3 Å². The van der Waals surface area contributed by atoms with E-state index < -0.39 is 0 Å². The Morgan fingerprint density at radius 3 is 3.19 bits per heavy atom. The van der Waals surface area contributed by atoms with E-state index in [9.17, 15) is 0 Å². The predicted molar refractivity (Wildman–Crippen MR) is 68.4 cm³/mol. The van der Waals surface area contributed by atoms with E-state index >= 15 is 0 Å². The lowest BCUT2D eigenvalue weighted by molar-refractivity contribution is 0.601. The number of nitrogens with zero attached hydrogens (tertiary/aromatic N) is 2. The van der Waals surface area contributed by atoms with Crippen molar-refractivity contribution in [2.75, 3.05) is 0 Å². The molecule has 0 bridgehead atoms. The standard InChI is InChI=1S/C13H14N2S/c1-9-4-2-3-5-10(9)13-15-11-6-7-14-8-12(11)16-13/h5-9H,2-4H2,1H3/t9-/m0/s1. The summed E-state index contributed by atoms with van der Waals surface area (Å²) in [6, 6.07) is 1.99. The summed E-state index contributed by atoms with van der Waals surface area (Å²) in [7, 11) is 0. The molecule has 0 aromatic carbocycles. The quantitative estimate of drug-likeness (QED) is 0.742. The lowest BCUT2D eigenvalue weighted by Crippen LogP contribution is -2.03. The second-order valence-corrected chi connectivity index (χ2v) is 5.38. The molecule has 0 unspecified atom stereocenters. The van der Waals surface area contributed by atoms with Crippen molar-refractivity contribution in [1.29, 1.82) is 0 Å². The van der Waals surface area contributed by atoms with Gasteiger partial charge in [0.1, 0.15) is 5.01 Å². The molecule has 0 spiro atoms. The molecule has 0 amide bonds. The Bertz CT molecular complexity index is 509. The zero-order chi connectivity index (χ0) is 11.0. The first kappa shape index (κ1) is 9.97. The molecule has 2 aromatic heterocycles. The van der Waals surface area contributed by atoms with Crippen LogP contribution in [0.25, 0.3) is 15.8 Å². The summed E-state index contributed by atoms with van der Waals surface area (Å²) in [5.74, 6) is 0.655. The molecular formula is C13H14N2S. The number of pyridine rings is 1. The van der Waals surface area contributed by atoms with Crippen molar-refractivity contribution in [3.63, 3.8) is 0 Å². The van der Waals surface area contributed by atoms with Gasteiger partial charge in [-0.05, 0) is 36.8 Å². The van der Waals surface area contributed by atoms with Crippen LogP contribution in [0.4, 0.5) is 0 Å². The van der Waals surface area contributed by atoms with Crippen LogP contribution in [0.1, 0.15) is 31.2 Å². The molecule has 0 saturated carbocycles. The van der Waals surface area contributed by atoms with Gasteiger partial charge in [-0.2, -0.15) is 0 Å². The molecule has 1 atom stereocenters. The normalized spacial score (nSPS) is 21.1. The van der Waals surface area contributed by atoms with E-state index in [1.807, 2.05) is 18.5 Å². The maximum absolute atomic E-state index is 4.70. The third-order valence-corrected chi connectivity index (χ3v) is 4.23. The Hall–Kier alpha value is -1.22. The summed E-state index contributed by atoms with van der Waals surface area (Å²) in [4.78, 5) is 8.84. The monoisotopic (exact) mass is 230 g/mol. The first-order valence-corrected chi connectivity index (χ1v) is 6.57. The van der Waals surface area contributed by atoms with Crippen LogP contribution in [0.5, 0.6) is 0 Å². The van der Waals surface area contributed by atoms with E-state index in [1.165, 1.54) is 34.5 Å². The summed E-state index contributed by atoms with van der Waals surface area (Å²) in [6.45, 7) is 2.30. The second kappa shape index (κ2) is 3.98. The second-order valence-electron chi connectivity index (χ2n) is 4.35. The summed E-state index contributed by atoms with van der Waals surface area (Å²) in [6.07, 6.45) is 9.89. The van der Waals surface area contributed by atoms with Crippen LogP contribution in [0.3, 0.4) is 0 Å².